The predicted molar refractivity (Wildman–Crippen MR) is 123 cm³/mol. The second-order valence-corrected chi connectivity index (χ2v) is 9.33. The van der Waals surface area contributed by atoms with Gasteiger partial charge in [0.2, 0.25) is 15.9 Å². The van der Waals surface area contributed by atoms with Gasteiger partial charge in [-0.25, -0.2) is 8.42 Å². The molecule has 0 fully saturated rings. The van der Waals surface area contributed by atoms with Crippen molar-refractivity contribution in [1.29, 1.82) is 0 Å². The summed E-state index contributed by atoms with van der Waals surface area (Å²) in [5.74, 6) is -0.311. The molecule has 0 unspecified atom stereocenters. The standard InChI is InChI=1S/C23H33N3O3S/c1-5-25(6-2)21(16-20-13-8-7-9-14-20)17-24-23(27)18-26(30(4,28)29)22-15-11-10-12-19(22)3/h7-15,21H,5-6,16-18H2,1-4H3,(H,24,27)/t21-/m1/s1. The van der Waals surface area contributed by atoms with Gasteiger partial charge in [0.15, 0.2) is 0 Å². The Labute approximate surface area is 180 Å². The summed E-state index contributed by atoms with van der Waals surface area (Å²) in [6.07, 6.45) is 1.94. The van der Waals surface area contributed by atoms with Crippen molar-refractivity contribution < 1.29 is 13.2 Å². The maximum atomic E-state index is 12.7. The van der Waals surface area contributed by atoms with Gasteiger partial charge in [0.1, 0.15) is 6.54 Å². The number of benzene rings is 2. The highest BCUT2D eigenvalue weighted by atomic mass is 32.2. The third kappa shape index (κ3) is 6.85. The topological polar surface area (TPSA) is 69.7 Å². The highest BCUT2D eigenvalue weighted by Gasteiger charge is 2.23. The van der Waals surface area contributed by atoms with Crippen LogP contribution in [0.15, 0.2) is 54.6 Å². The number of likely N-dealkylation sites (N-methyl/N-ethyl adjacent to an activating group) is 1. The summed E-state index contributed by atoms with van der Waals surface area (Å²) in [5, 5.41) is 2.96. The second kappa shape index (κ2) is 11.1. The van der Waals surface area contributed by atoms with Gasteiger partial charge in [-0.3, -0.25) is 14.0 Å². The number of rotatable bonds is 11. The number of carbonyl (C=O) groups excluding carboxylic acids is 1. The second-order valence-electron chi connectivity index (χ2n) is 7.42. The molecule has 0 saturated carbocycles. The minimum Gasteiger partial charge on any atom is -0.353 e. The molecule has 0 aromatic heterocycles. The molecule has 6 nitrogen and oxygen atoms in total. The number of nitrogens with one attached hydrogen (secondary N) is 1. The molecular formula is C23H33N3O3S. The van der Waals surface area contributed by atoms with E-state index in [1.54, 1.807) is 12.1 Å². The average molecular weight is 432 g/mol. The minimum absolute atomic E-state index is 0.136. The van der Waals surface area contributed by atoms with Crippen LogP contribution in [0.3, 0.4) is 0 Å². The first-order chi connectivity index (χ1) is 14.3. The molecular weight excluding hydrogens is 398 g/mol. The normalized spacial score (nSPS) is 12.6. The van der Waals surface area contributed by atoms with Gasteiger partial charge < -0.3 is 5.32 Å². The maximum absolute atomic E-state index is 12.7. The lowest BCUT2D eigenvalue weighted by Gasteiger charge is -2.30. The molecule has 0 aliphatic heterocycles. The van der Waals surface area contributed by atoms with E-state index < -0.39 is 10.0 Å². The van der Waals surface area contributed by atoms with Gasteiger partial charge in [0, 0.05) is 12.6 Å². The van der Waals surface area contributed by atoms with E-state index in [4.69, 9.17) is 0 Å². The molecule has 0 radical (unpaired) electrons. The van der Waals surface area contributed by atoms with E-state index >= 15 is 0 Å². The van der Waals surface area contributed by atoms with Crippen LogP contribution in [0.4, 0.5) is 5.69 Å². The van der Waals surface area contributed by atoms with E-state index in [1.165, 1.54) is 9.87 Å². The average Bonchev–Trinajstić information content (AvgIpc) is 2.71. The Kier molecular flexibility index (Phi) is 8.87. The smallest absolute Gasteiger partial charge is 0.240 e. The fourth-order valence-corrected chi connectivity index (χ4v) is 4.51. The molecule has 2 aromatic carbocycles. The van der Waals surface area contributed by atoms with Crippen molar-refractivity contribution >= 4 is 21.6 Å². The highest BCUT2D eigenvalue weighted by molar-refractivity contribution is 7.92. The van der Waals surface area contributed by atoms with Gasteiger partial charge >= 0.3 is 0 Å². The van der Waals surface area contributed by atoms with Crippen LogP contribution in [-0.2, 0) is 21.2 Å². The Morgan fingerprint density at radius 1 is 1.00 bits per heavy atom. The number of para-hydroxylation sites is 1. The molecule has 2 rings (SSSR count). The van der Waals surface area contributed by atoms with Gasteiger partial charge in [0.05, 0.1) is 11.9 Å². The monoisotopic (exact) mass is 431 g/mol. The number of aryl methyl sites for hydroxylation is 1. The van der Waals surface area contributed by atoms with E-state index in [0.29, 0.717) is 12.2 Å². The first-order valence-corrected chi connectivity index (χ1v) is 12.2. The minimum atomic E-state index is -3.59. The van der Waals surface area contributed by atoms with E-state index in [-0.39, 0.29) is 18.5 Å². The lowest BCUT2D eigenvalue weighted by Crippen LogP contribution is -2.48. The molecule has 0 saturated heterocycles. The fourth-order valence-electron chi connectivity index (χ4n) is 3.60. The third-order valence-corrected chi connectivity index (χ3v) is 6.38. The Morgan fingerprint density at radius 2 is 1.60 bits per heavy atom. The molecule has 0 spiro atoms. The number of hydrogen-bond donors (Lipinski definition) is 1. The van der Waals surface area contributed by atoms with Gasteiger partial charge in [-0.2, -0.15) is 0 Å². The van der Waals surface area contributed by atoms with Crippen molar-refractivity contribution in [3.63, 3.8) is 0 Å². The molecule has 1 N–H and O–H groups in total. The van der Waals surface area contributed by atoms with Gasteiger partial charge in [0.25, 0.3) is 0 Å². The summed E-state index contributed by atoms with van der Waals surface area (Å²) in [6.45, 7) is 8.02. The number of anilines is 1. The van der Waals surface area contributed by atoms with Gasteiger partial charge in [-0.1, -0.05) is 62.4 Å². The number of hydrogen-bond acceptors (Lipinski definition) is 4. The number of carbonyl (C=O) groups is 1. The van der Waals surface area contributed by atoms with Gasteiger partial charge in [-0.05, 0) is 43.6 Å². The van der Waals surface area contributed by atoms with E-state index in [9.17, 15) is 13.2 Å². The Hall–Kier alpha value is -2.38. The van der Waals surface area contributed by atoms with Crippen LogP contribution in [0.5, 0.6) is 0 Å². The molecule has 0 aliphatic carbocycles. The summed E-state index contributed by atoms with van der Waals surface area (Å²) in [4.78, 5) is 15.0. The number of nitrogens with zero attached hydrogens (tertiary/aromatic N) is 2. The van der Waals surface area contributed by atoms with Crippen molar-refractivity contribution in [1.82, 2.24) is 10.2 Å². The van der Waals surface area contributed by atoms with Crippen molar-refractivity contribution in [3.8, 4) is 0 Å². The van der Waals surface area contributed by atoms with Crippen LogP contribution in [0.25, 0.3) is 0 Å². The SMILES string of the molecule is CCN(CC)[C@@H](CNC(=O)CN(c1ccccc1C)S(C)(=O)=O)Cc1ccccc1. The summed E-state index contributed by atoms with van der Waals surface area (Å²) >= 11 is 0. The lowest BCUT2D eigenvalue weighted by atomic mass is 10.0. The predicted octanol–water partition coefficient (Wildman–Crippen LogP) is 2.83. The van der Waals surface area contributed by atoms with Crippen molar-refractivity contribution in [3.05, 3.63) is 65.7 Å². The summed E-state index contributed by atoms with van der Waals surface area (Å²) < 4.78 is 25.8. The highest BCUT2D eigenvalue weighted by Crippen LogP contribution is 2.21. The molecule has 2 aromatic rings. The molecule has 7 heteroatoms. The van der Waals surface area contributed by atoms with Crippen LogP contribution < -0.4 is 9.62 Å². The Balaban J connectivity index is 2.10. The molecule has 0 heterocycles. The largest absolute Gasteiger partial charge is 0.353 e. The Morgan fingerprint density at radius 3 is 2.17 bits per heavy atom. The van der Waals surface area contributed by atoms with E-state index in [0.717, 1.165) is 31.3 Å². The number of sulfonamides is 1. The van der Waals surface area contributed by atoms with Crippen LogP contribution in [-0.4, -0.2) is 57.7 Å². The first kappa shape index (κ1) is 23.9. The van der Waals surface area contributed by atoms with Crippen LogP contribution in [0.2, 0.25) is 0 Å². The first-order valence-electron chi connectivity index (χ1n) is 10.3. The zero-order chi connectivity index (χ0) is 22.1. The fraction of sp³-hybridized carbons (Fsp3) is 0.435. The zero-order valence-electron chi connectivity index (χ0n) is 18.3. The molecule has 30 heavy (non-hydrogen) atoms. The van der Waals surface area contributed by atoms with Crippen LogP contribution in [0, 0.1) is 6.92 Å². The molecule has 0 bridgehead atoms. The molecule has 0 aliphatic rings. The lowest BCUT2D eigenvalue weighted by molar-refractivity contribution is -0.119. The molecule has 1 amide bonds. The number of amides is 1. The molecule has 164 valence electrons. The third-order valence-electron chi connectivity index (χ3n) is 5.25. The summed E-state index contributed by atoms with van der Waals surface area (Å²) in [5.41, 5.74) is 2.54. The summed E-state index contributed by atoms with van der Waals surface area (Å²) in [6, 6.07) is 17.5. The quantitative estimate of drug-likeness (QED) is 0.594. The van der Waals surface area contributed by atoms with Crippen LogP contribution in [0.1, 0.15) is 25.0 Å². The van der Waals surface area contributed by atoms with Crippen molar-refractivity contribution in [2.45, 2.75) is 33.2 Å². The zero-order valence-corrected chi connectivity index (χ0v) is 19.2. The van der Waals surface area contributed by atoms with E-state index in [1.807, 2.05) is 37.3 Å². The van der Waals surface area contributed by atoms with Crippen LogP contribution >= 0.6 is 0 Å². The molecule has 1 atom stereocenters. The van der Waals surface area contributed by atoms with Gasteiger partial charge in [-0.15, -0.1) is 0 Å². The summed E-state index contributed by atoms with van der Waals surface area (Å²) in [7, 11) is -3.59. The van der Waals surface area contributed by atoms with Crippen molar-refractivity contribution in [2.75, 3.05) is 36.7 Å². The van der Waals surface area contributed by atoms with E-state index in [2.05, 4.69) is 36.2 Å². The van der Waals surface area contributed by atoms with Crippen molar-refractivity contribution in [2.24, 2.45) is 0 Å². The Bertz CT molecular complexity index is 912. The maximum Gasteiger partial charge on any atom is 0.240 e.